The molecule has 0 radical (unpaired) electrons. The second-order valence-corrected chi connectivity index (χ2v) is 9.23. The van der Waals surface area contributed by atoms with Crippen LogP contribution in [0.25, 0.3) is 11.0 Å². The Morgan fingerprint density at radius 1 is 1.33 bits per heavy atom. The molecule has 0 atom stereocenters. The molecule has 3 rings (SSSR count). The first-order chi connectivity index (χ1) is 15.8. The molecule has 2 aromatic heterocycles. The van der Waals surface area contributed by atoms with Crippen molar-refractivity contribution in [1.82, 2.24) is 25.1 Å². The fourth-order valence-electron chi connectivity index (χ4n) is 2.96. The molecule has 0 unspecified atom stereocenters. The molecule has 1 amide bonds. The summed E-state index contributed by atoms with van der Waals surface area (Å²) in [7, 11) is 0. The fraction of sp³-hybridized carbons (Fsp3) is 0.429. The summed E-state index contributed by atoms with van der Waals surface area (Å²) in [6.07, 6.45) is 2.73. The zero-order chi connectivity index (χ0) is 24.0. The second-order valence-electron chi connectivity index (χ2n) is 7.76. The van der Waals surface area contributed by atoms with E-state index in [1.165, 1.54) is 12.1 Å². The van der Waals surface area contributed by atoms with Gasteiger partial charge >= 0.3 is 0 Å². The summed E-state index contributed by atoms with van der Waals surface area (Å²) in [6, 6.07) is 3.96. The van der Waals surface area contributed by atoms with Crippen molar-refractivity contribution in [2.24, 2.45) is 5.92 Å². The molecule has 33 heavy (non-hydrogen) atoms. The molecule has 0 saturated heterocycles. The van der Waals surface area contributed by atoms with E-state index in [9.17, 15) is 14.9 Å². The van der Waals surface area contributed by atoms with Gasteiger partial charge < -0.3 is 10.6 Å². The topological polar surface area (TPSA) is 128 Å². The van der Waals surface area contributed by atoms with Crippen LogP contribution in [-0.4, -0.2) is 49.4 Å². The summed E-state index contributed by atoms with van der Waals surface area (Å²) in [5, 5.41) is 23.1. The standard InChI is InChI=1S/C21H26ClN7O3S/c1-4-9-33-21-26-18(24-11-13(2)3)15-12-25-28(19(15)27-21)8-7-23-20(30)14-5-6-16(22)17(10-14)29(31)32/h5-6,10,12-13H,4,7-9,11H2,1-3H3,(H,23,30)(H,24,26,27). The van der Waals surface area contributed by atoms with Crippen molar-refractivity contribution >= 4 is 51.8 Å². The zero-order valence-electron chi connectivity index (χ0n) is 18.7. The van der Waals surface area contributed by atoms with Crippen molar-refractivity contribution in [2.75, 3.05) is 24.2 Å². The number of amides is 1. The molecule has 0 saturated carbocycles. The number of hydrogen-bond acceptors (Lipinski definition) is 8. The summed E-state index contributed by atoms with van der Waals surface area (Å²) >= 11 is 7.40. The van der Waals surface area contributed by atoms with Crippen LogP contribution in [0.2, 0.25) is 5.02 Å². The Morgan fingerprint density at radius 3 is 2.82 bits per heavy atom. The summed E-state index contributed by atoms with van der Waals surface area (Å²) in [4.78, 5) is 32.2. The van der Waals surface area contributed by atoms with Crippen LogP contribution in [-0.2, 0) is 6.54 Å². The van der Waals surface area contributed by atoms with Crippen LogP contribution in [0.3, 0.4) is 0 Å². The van der Waals surface area contributed by atoms with Gasteiger partial charge in [-0.25, -0.2) is 14.6 Å². The minimum absolute atomic E-state index is 0.0159. The number of nitro benzene ring substituents is 1. The molecular formula is C21H26ClN7O3S. The molecule has 176 valence electrons. The van der Waals surface area contributed by atoms with Crippen molar-refractivity contribution < 1.29 is 9.72 Å². The lowest BCUT2D eigenvalue weighted by atomic mass is 10.2. The van der Waals surface area contributed by atoms with Crippen LogP contribution in [0.1, 0.15) is 37.6 Å². The summed E-state index contributed by atoms with van der Waals surface area (Å²) < 4.78 is 1.72. The predicted molar refractivity (Wildman–Crippen MR) is 130 cm³/mol. The molecule has 3 aromatic rings. The smallest absolute Gasteiger partial charge is 0.288 e. The van der Waals surface area contributed by atoms with E-state index in [2.05, 4.69) is 46.5 Å². The molecule has 2 N–H and O–H groups in total. The number of halogens is 1. The normalized spacial score (nSPS) is 11.2. The third-order valence-corrected chi connectivity index (χ3v) is 5.98. The third-order valence-electron chi connectivity index (χ3n) is 4.60. The number of rotatable bonds is 11. The SMILES string of the molecule is CCCSc1nc(NCC(C)C)c2cnn(CCNC(=O)c3ccc(Cl)c([N+](=O)[O-])c3)c2n1. The van der Waals surface area contributed by atoms with Crippen LogP contribution < -0.4 is 10.6 Å². The van der Waals surface area contributed by atoms with Crippen molar-refractivity contribution in [2.45, 2.75) is 38.9 Å². The fourth-order valence-corrected chi connectivity index (χ4v) is 3.84. The minimum atomic E-state index is -0.617. The van der Waals surface area contributed by atoms with E-state index in [-0.39, 0.29) is 22.8 Å². The lowest BCUT2D eigenvalue weighted by Gasteiger charge is -2.11. The monoisotopic (exact) mass is 491 g/mol. The van der Waals surface area contributed by atoms with E-state index in [1.54, 1.807) is 22.6 Å². The van der Waals surface area contributed by atoms with Gasteiger partial charge in [-0.1, -0.05) is 44.1 Å². The van der Waals surface area contributed by atoms with Crippen molar-refractivity contribution in [3.05, 3.63) is 45.1 Å². The Bertz CT molecular complexity index is 1150. The number of hydrogen-bond donors (Lipinski definition) is 2. The van der Waals surface area contributed by atoms with Gasteiger partial charge in [-0.15, -0.1) is 0 Å². The second kappa shape index (κ2) is 11.3. The molecule has 0 spiro atoms. The maximum absolute atomic E-state index is 12.5. The quantitative estimate of drug-likeness (QED) is 0.175. The highest BCUT2D eigenvalue weighted by molar-refractivity contribution is 7.99. The van der Waals surface area contributed by atoms with Crippen molar-refractivity contribution in [1.29, 1.82) is 0 Å². The number of aromatic nitrogens is 4. The summed E-state index contributed by atoms with van der Waals surface area (Å²) in [5.41, 5.74) is 0.543. The zero-order valence-corrected chi connectivity index (χ0v) is 20.2. The van der Waals surface area contributed by atoms with Crippen LogP contribution in [0.15, 0.2) is 29.6 Å². The Morgan fingerprint density at radius 2 is 2.12 bits per heavy atom. The van der Waals surface area contributed by atoms with Gasteiger partial charge in [0.25, 0.3) is 11.6 Å². The molecular weight excluding hydrogens is 466 g/mol. The lowest BCUT2D eigenvalue weighted by molar-refractivity contribution is -0.384. The average molecular weight is 492 g/mol. The summed E-state index contributed by atoms with van der Waals surface area (Å²) in [5.74, 6) is 1.68. The maximum atomic E-state index is 12.5. The number of fused-ring (bicyclic) bond motifs is 1. The first kappa shape index (κ1) is 24.7. The Balaban J connectivity index is 1.74. The highest BCUT2D eigenvalue weighted by atomic mass is 35.5. The van der Waals surface area contributed by atoms with Crippen LogP contribution in [0.5, 0.6) is 0 Å². The molecule has 0 bridgehead atoms. The number of nitrogens with one attached hydrogen (secondary N) is 2. The number of nitrogens with zero attached hydrogens (tertiary/aromatic N) is 5. The van der Waals surface area contributed by atoms with E-state index in [4.69, 9.17) is 11.6 Å². The van der Waals surface area contributed by atoms with E-state index in [0.717, 1.165) is 36.0 Å². The highest BCUT2D eigenvalue weighted by Gasteiger charge is 2.17. The number of thioether (sulfide) groups is 1. The molecule has 0 aliphatic heterocycles. The van der Waals surface area contributed by atoms with Gasteiger partial charge in [0.15, 0.2) is 10.8 Å². The van der Waals surface area contributed by atoms with Gasteiger partial charge in [0.2, 0.25) is 0 Å². The Hall–Kier alpha value is -2.92. The summed E-state index contributed by atoms with van der Waals surface area (Å²) in [6.45, 7) is 7.77. The van der Waals surface area contributed by atoms with E-state index < -0.39 is 10.8 Å². The van der Waals surface area contributed by atoms with E-state index in [1.807, 2.05) is 0 Å². The number of benzene rings is 1. The molecule has 0 aliphatic carbocycles. The first-order valence-corrected chi connectivity index (χ1v) is 12.0. The van der Waals surface area contributed by atoms with Gasteiger partial charge in [-0.2, -0.15) is 5.10 Å². The molecule has 0 aliphatic rings. The molecule has 1 aromatic carbocycles. The molecule has 10 nitrogen and oxygen atoms in total. The van der Waals surface area contributed by atoms with Gasteiger partial charge in [-0.3, -0.25) is 14.9 Å². The van der Waals surface area contributed by atoms with Crippen molar-refractivity contribution in [3.63, 3.8) is 0 Å². The van der Waals surface area contributed by atoms with Gasteiger partial charge in [0.05, 0.1) is 23.1 Å². The van der Waals surface area contributed by atoms with Gasteiger partial charge in [0.1, 0.15) is 10.8 Å². The average Bonchev–Trinajstić information content (AvgIpc) is 3.19. The Kier molecular flexibility index (Phi) is 8.45. The highest BCUT2D eigenvalue weighted by Crippen LogP contribution is 2.26. The maximum Gasteiger partial charge on any atom is 0.288 e. The molecule has 12 heteroatoms. The van der Waals surface area contributed by atoms with Gasteiger partial charge in [0, 0.05) is 30.5 Å². The third kappa shape index (κ3) is 6.32. The molecule has 0 fully saturated rings. The number of carbonyl (C=O) groups excluding carboxylic acids is 1. The van der Waals surface area contributed by atoms with Crippen molar-refractivity contribution in [3.8, 4) is 0 Å². The number of nitro groups is 1. The van der Waals surface area contributed by atoms with Gasteiger partial charge in [-0.05, 0) is 24.5 Å². The first-order valence-electron chi connectivity index (χ1n) is 10.6. The van der Waals surface area contributed by atoms with E-state index in [0.29, 0.717) is 23.3 Å². The Labute approximate surface area is 200 Å². The van der Waals surface area contributed by atoms with Crippen LogP contribution >= 0.6 is 23.4 Å². The van der Waals surface area contributed by atoms with E-state index >= 15 is 0 Å². The largest absolute Gasteiger partial charge is 0.369 e. The molecule has 2 heterocycles. The minimum Gasteiger partial charge on any atom is -0.369 e. The number of carbonyl (C=O) groups is 1. The predicted octanol–water partition coefficient (Wildman–Crippen LogP) is 4.39. The lowest BCUT2D eigenvalue weighted by Crippen LogP contribution is -2.27. The number of anilines is 1. The van der Waals surface area contributed by atoms with Crippen LogP contribution in [0, 0.1) is 16.0 Å². The van der Waals surface area contributed by atoms with Crippen LogP contribution in [0.4, 0.5) is 11.5 Å².